The molecule has 1 aliphatic rings. The first-order valence-corrected chi connectivity index (χ1v) is 10.9. The average molecular weight is 489 g/mol. The summed E-state index contributed by atoms with van der Waals surface area (Å²) in [7, 11) is 3.06. The zero-order valence-corrected chi connectivity index (χ0v) is 19.5. The fourth-order valence-corrected chi connectivity index (χ4v) is 3.64. The number of carboxylic acids is 1. The van der Waals surface area contributed by atoms with Crippen molar-refractivity contribution in [3.05, 3.63) is 89.2 Å². The Morgan fingerprint density at radius 1 is 1.00 bits per heavy atom. The second kappa shape index (κ2) is 10.6. The molecule has 0 aliphatic carbocycles. The van der Waals surface area contributed by atoms with E-state index in [0.717, 1.165) is 0 Å². The van der Waals surface area contributed by atoms with Gasteiger partial charge in [0.15, 0.2) is 18.4 Å². The van der Waals surface area contributed by atoms with Crippen molar-refractivity contribution in [3.63, 3.8) is 0 Å². The molecule has 0 saturated heterocycles. The standard InChI is InChI=1S/C27H23NO8/c1-33-18-9-11-21(34-2)17(12-18)13-23-26(30)20-10-8-19(14-22(20)36-23)35-15-24(29)28-25(27(31)32)16-6-4-3-5-7-16/h3-14,25H,15H2,1-2H3,(H,28,29)(H,31,32). The highest BCUT2D eigenvalue weighted by atomic mass is 16.5. The fraction of sp³-hybridized carbons (Fsp3) is 0.148. The van der Waals surface area contributed by atoms with Gasteiger partial charge in [-0.15, -0.1) is 0 Å². The molecule has 3 aromatic rings. The number of carbonyl (C=O) groups is 3. The number of Topliss-reactive ketones (excluding diaryl/α,β-unsaturated/α-hetero) is 1. The number of hydrogen-bond donors (Lipinski definition) is 2. The third kappa shape index (κ3) is 5.30. The number of aliphatic carboxylic acids is 1. The fourth-order valence-electron chi connectivity index (χ4n) is 3.64. The zero-order chi connectivity index (χ0) is 25.7. The first kappa shape index (κ1) is 24.3. The van der Waals surface area contributed by atoms with Crippen LogP contribution in [0.4, 0.5) is 0 Å². The van der Waals surface area contributed by atoms with Crippen molar-refractivity contribution < 1.29 is 38.4 Å². The van der Waals surface area contributed by atoms with Crippen LogP contribution in [0.1, 0.15) is 27.5 Å². The maximum absolute atomic E-state index is 12.8. The van der Waals surface area contributed by atoms with Gasteiger partial charge in [-0.3, -0.25) is 9.59 Å². The number of nitrogens with one attached hydrogen (secondary N) is 1. The van der Waals surface area contributed by atoms with Crippen molar-refractivity contribution in [2.24, 2.45) is 0 Å². The molecular formula is C27H23NO8. The average Bonchev–Trinajstić information content (AvgIpc) is 3.20. The number of carbonyl (C=O) groups excluding carboxylic acids is 2. The van der Waals surface area contributed by atoms with Crippen LogP contribution in [0.15, 0.2) is 72.5 Å². The van der Waals surface area contributed by atoms with Gasteiger partial charge in [-0.2, -0.15) is 0 Å². The van der Waals surface area contributed by atoms with Crippen LogP contribution < -0.4 is 24.3 Å². The first-order chi connectivity index (χ1) is 17.4. The van der Waals surface area contributed by atoms with Crippen molar-refractivity contribution >= 4 is 23.7 Å². The van der Waals surface area contributed by atoms with Gasteiger partial charge in [0.1, 0.15) is 23.0 Å². The van der Waals surface area contributed by atoms with Crippen LogP contribution in [0.2, 0.25) is 0 Å². The van der Waals surface area contributed by atoms with E-state index in [-0.39, 0.29) is 23.0 Å². The molecule has 0 aromatic heterocycles. The third-order valence-corrected chi connectivity index (χ3v) is 5.42. The minimum atomic E-state index is -1.20. The molecule has 1 amide bonds. The molecule has 1 aliphatic heterocycles. The Kier molecular flexibility index (Phi) is 7.20. The van der Waals surface area contributed by atoms with Gasteiger partial charge in [-0.05, 0) is 42.0 Å². The van der Waals surface area contributed by atoms with Gasteiger partial charge in [0.25, 0.3) is 5.91 Å². The topological polar surface area (TPSA) is 120 Å². The lowest BCUT2D eigenvalue weighted by Gasteiger charge is -2.15. The molecule has 2 N–H and O–H groups in total. The maximum atomic E-state index is 12.8. The number of carboxylic acid groups (broad SMARTS) is 1. The highest BCUT2D eigenvalue weighted by Gasteiger charge is 2.28. The van der Waals surface area contributed by atoms with Crippen molar-refractivity contribution in [1.82, 2.24) is 5.32 Å². The summed E-state index contributed by atoms with van der Waals surface area (Å²) >= 11 is 0. The largest absolute Gasteiger partial charge is 0.497 e. The molecule has 3 aromatic carbocycles. The quantitative estimate of drug-likeness (QED) is 0.437. The molecule has 36 heavy (non-hydrogen) atoms. The van der Waals surface area contributed by atoms with Crippen LogP contribution in [-0.4, -0.2) is 43.6 Å². The third-order valence-electron chi connectivity index (χ3n) is 5.42. The summed E-state index contributed by atoms with van der Waals surface area (Å²) in [5.74, 6) is -0.328. The molecule has 0 fully saturated rings. The Morgan fingerprint density at radius 3 is 2.44 bits per heavy atom. The Hall–Kier alpha value is -4.79. The lowest BCUT2D eigenvalue weighted by molar-refractivity contribution is -0.142. The number of allylic oxidation sites excluding steroid dienone is 1. The summed E-state index contributed by atoms with van der Waals surface area (Å²) in [5, 5.41) is 11.9. The second-order valence-electron chi connectivity index (χ2n) is 7.74. The second-order valence-corrected chi connectivity index (χ2v) is 7.74. The summed E-state index contributed by atoms with van der Waals surface area (Å²) in [6, 6.07) is 16.9. The van der Waals surface area contributed by atoms with Crippen LogP contribution in [0.25, 0.3) is 6.08 Å². The lowest BCUT2D eigenvalue weighted by atomic mass is 10.1. The van der Waals surface area contributed by atoms with Crippen molar-refractivity contribution in [2.45, 2.75) is 6.04 Å². The van der Waals surface area contributed by atoms with Crippen LogP contribution in [0.5, 0.6) is 23.0 Å². The van der Waals surface area contributed by atoms with Crippen LogP contribution in [0, 0.1) is 0 Å². The van der Waals surface area contributed by atoms with Gasteiger partial charge < -0.3 is 29.4 Å². The molecule has 0 radical (unpaired) electrons. The van der Waals surface area contributed by atoms with Crippen LogP contribution in [0.3, 0.4) is 0 Å². The normalized spacial score (nSPS) is 13.9. The smallest absolute Gasteiger partial charge is 0.330 e. The van der Waals surface area contributed by atoms with Crippen molar-refractivity contribution in [3.8, 4) is 23.0 Å². The minimum absolute atomic E-state index is 0.0959. The van der Waals surface area contributed by atoms with Crippen LogP contribution >= 0.6 is 0 Å². The number of fused-ring (bicyclic) bond motifs is 1. The van der Waals surface area contributed by atoms with E-state index in [4.69, 9.17) is 18.9 Å². The van der Waals surface area contributed by atoms with Crippen molar-refractivity contribution in [1.29, 1.82) is 0 Å². The zero-order valence-electron chi connectivity index (χ0n) is 19.5. The molecule has 4 rings (SSSR count). The molecule has 184 valence electrons. The predicted molar refractivity (Wildman–Crippen MR) is 129 cm³/mol. The number of hydrogen-bond acceptors (Lipinski definition) is 7. The molecule has 0 saturated carbocycles. The van der Waals surface area contributed by atoms with E-state index in [0.29, 0.717) is 28.2 Å². The predicted octanol–water partition coefficient (Wildman–Crippen LogP) is 3.64. The van der Waals surface area contributed by atoms with E-state index in [1.165, 1.54) is 26.4 Å². The monoisotopic (exact) mass is 489 g/mol. The number of methoxy groups -OCH3 is 2. The van der Waals surface area contributed by atoms with E-state index < -0.39 is 24.5 Å². The summed E-state index contributed by atoms with van der Waals surface area (Å²) in [6.07, 6.45) is 1.56. The number of amides is 1. The molecule has 9 heteroatoms. The highest BCUT2D eigenvalue weighted by molar-refractivity contribution is 6.14. The summed E-state index contributed by atoms with van der Waals surface area (Å²) in [6.45, 7) is -0.424. The van der Waals surface area contributed by atoms with E-state index in [9.17, 15) is 19.5 Å². The molecule has 9 nitrogen and oxygen atoms in total. The van der Waals surface area contributed by atoms with Gasteiger partial charge in [0.05, 0.1) is 19.8 Å². The number of rotatable bonds is 9. The van der Waals surface area contributed by atoms with E-state index in [1.54, 1.807) is 60.7 Å². The van der Waals surface area contributed by atoms with E-state index >= 15 is 0 Å². The van der Waals surface area contributed by atoms with E-state index in [2.05, 4.69) is 5.32 Å². The molecule has 0 bridgehead atoms. The lowest BCUT2D eigenvalue weighted by Crippen LogP contribution is -2.36. The van der Waals surface area contributed by atoms with Gasteiger partial charge in [-0.25, -0.2) is 4.79 Å². The van der Waals surface area contributed by atoms with Gasteiger partial charge in [-0.1, -0.05) is 30.3 Å². The van der Waals surface area contributed by atoms with Gasteiger partial charge >= 0.3 is 5.97 Å². The Bertz CT molecular complexity index is 1330. The summed E-state index contributed by atoms with van der Waals surface area (Å²) in [5.41, 5.74) is 1.39. The van der Waals surface area contributed by atoms with Crippen molar-refractivity contribution in [2.75, 3.05) is 20.8 Å². The highest BCUT2D eigenvalue weighted by Crippen LogP contribution is 2.36. The Balaban J connectivity index is 1.44. The Labute approximate surface area is 206 Å². The number of ether oxygens (including phenoxy) is 4. The van der Waals surface area contributed by atoms with E-state index in [1.807, 2.05) is 0 Å². The molecule has 1 heterocycles. The number of ketones is 1. The molecule has 1 unspecified atom stereocenters. The summed E-state index contributed by atoms with van der Waals surface area (Å²) in [4.78, 5) is 36.8. The van der Waals surface area contributed by atoms with Crippen LogP contribution in [-0.2, 0) is 9.59 Å². The minimum Gasteiger partial charge on any atom is -0.497 e. The summed E-state index contributed by atoms with van der Waals surface area (Å²) < 4.78 is 21.9. The Morgan fingerprint density at radius 2 is 1.75 bits per heavy atom. The molecular weight excluding hydrogens is 466 g/mol. The SMILES string of the molecule is COc1ccc(OC)c(C=C2Oc3cc(OCC(=O)NC(C(=O)O)c4ccccc4)ccc3C2=O)c1. The number of benzene rings is 3. The van der Waals surface area contributed by atoms with Gasteiger partial charge in [0, 0.05) is 11.6 Å². The first-order valence-electron chi connectivity index (χ1n) is 10.9. The molecule has 1 atom stereocenters. The van der Waals surface area contributed by atoms with Gasteiger partial charge in [0.2, 0.25) is 5.78 Å². The maximum Gasteiger partial charge on any atom is 0.330 e. The molecule has 0 spiro atoms.